The van der Waals surface area contributed by atoms with E-state index in [4.69, 9.17) is 4.74 Å². The Hall–Kier alpha value is -1.26. The van der Waals surface area contributed by atoms with Gasteiger partial charge in [-0.25, -0.2) is 0 Å². The normalized spacial score (nSPS) is 9.90. The number of pyridine rings is 1. The van der Waals surface area contributed by atoms with Gasteiger partial charge in [-0.2, -0.15) is 0 Å². The van der Waals surface area contributed by atoms with Crippen LogP contribution in [0.5, 0.6) is 5.75 Å². The summed E-state index contributed by atoms with van der Waals surface area (Å²) in [4.78, 5) is 12.0. The molecule has 0 fully saturated rings. The van der Waals surface area contributed by atoms with Crippen LogP contribution >= 0.6 is 38.5 Å². The summed E-state index contributed by atoms with van der Waals surface area (Å²) < 4.78 is 8.74. The molecule has 21 heavy (non-hydrogen) atoms. The van der Waals surface area contributed by atoms with Crippen molar-refractivity contribution < 1.29 is 4.74 Å². The van der Waals surface area contributed by atoms with Crippen LogP contribution in [0.25, 0.3) is 11.3 Å². The molecule has 0 aliphatic heterocycles. The Morgan fingerprint density at radius 2 is 2.10 bits per heavy atom. The van der Waals surface area contributed by atoms with Crippen LogP contribution in [0.1, 0.15) is 6.92 Å². The highest BCUT2D eigenvalue weighted by molar-refractivity contribution is 14.1. The Balaban J connectivity index is 2.39. The second-order valence-corrected chi connectivity index (χ2v) is 6.30. The van der Waals surface area contributed by atoms with E-state index in [0.717, 1.165) is 21.5 Å². The summed E-state index contributed by atoms with van der Waals surface area (Å²) in [5.41, 5.74) is 1.80. The number of aromatic nitrogens is 1. The molecule has 0 saturated carbocycles. The molecule has 0 aliphatic carbocycles. The van der Waals surface area contributed by atoms with Crippen molar-refractivity contribution in [2.75, 3.05) is 6.61 Å². The predicted molar refractivity (Wildman–Crippen MR) is 96.5 cm³/mol. The lowest BCUT2D eigenvalue weighted by atomic mass is 10.1. The summed E-state index contributed by atoms with van der Waals surface area (Å²) in [5, 5.41) is 0. The monoisotopic (exact) mass is 457 g/mol. The molecule has 0 amide bonds. The molecule has 0 saturated heterocycles. The van der Waals surface area contributed by atoms with Gasteiger partial charge in [-0.1, -0.05) is 5.92 Å². The third kappa shape index (κ3) is 3.69. The second-order valence-electron chi connectivity index (χ2n) is 4.29. The zero-order valence-corrected chi connectivity index (χ0v) is 15.4. The Morgan fingerprint density at radius 3 is 2.76 bits per heavy atom. The molecule has 0 spiro atoms. The molecule has 0 unspecified atom stereocenters. The van der Waals surface area contributed by atoms with Gasteiger partial charge in [0.05, 0.1) is 9.26 Å². The van der Waals surface area contributed by atoms with Gasteiger partial charge < -0.3 is 9.30 Å². The third-order valence-corrected chi connectivity index (χ3v) is 4.44. The van der Waals surface area contributed by atoms with Crippen LogP contribution in [0.4, 0.5) is 0 Å². The van der Waals surface area contributed by atoms with Gasteiger partial charge in [0.15, 0.2) is 0 Å². The quantitative estimate of drug-likeness (QED) is 0.518. The fourth-order valence-corrected chi connectivity index (χ4v) is 2.96. The summed E-state index contributed by atoms with van der Waals surface area (Å²) in [6.07, 6.45) is 0. The second kappa shape index (κ2) is 7.14. The van der Waals surface area contributed by atoms with Gasteiger partial charge in [-0.05, 0) is 75.8 Å². The number of rotatable bonds is 3. The fraction of sp³-hybridized carbons (Fsp3) is 0.188. The van der Waals surface area contributed by atoms with Crippen molar-refractivity contribution >= 4 is 38.5 Å². The molecular formula is C16H13BrINO2. The SMILES string of the molecule is CC#CCOc1ccc(-c2ccc(I)c(=O)n2C)c(Br)c1. The van der Waals surface area contributed by atoms with E-state index in [2.05, 4.69) is 27.8 Å². The molecule has 0 bridgehead atoms. The summed E-state index contributed by atoms with van der Waals surface area (Å²) in [7, 11) is 1.77. The predicted octanol–water partition coefficient (Wildman–Crippen LogP) is 3.82. The number of benzene rings is 1. The zero-order chi connectivity index (χ0) is 15.4. The van der Waals surface area contributed by atoms with E-state index >= 15 is 0 Å². The number of hydrogen-bond donors (Lipinski definition) is 0. The maximum Gasteiger partial charge on any atom is 0.264 e. The fourth-order valence-electron chi connectivity index (χ4n) is 1.86. The Bertz CT molecular complexity index is 787. The molecule has 0 radical (unpaired) electrons. The van der Waals surface area contributed by atoms with Crippen LogP contribution in [-0.4, -0.2) is 11.2 Å². The van der Waals surface area contributed by atoms with Gasteiger partial charge in [0, 0.05) is 17.1 Å². The molecule has 1 heterocycles. The van der Waals surface area contributed by atoms with Gasteiger partial charge in [0.25, 0.3) is 5.56 Å². The first kappa shape index (κ1) is 16.1. The summed E-state index contributed by atoms with van der Waals surface area (Å²) >= 11 is 5.58. The standard InChI is InChI=1S/C16H13BrINO2/c1-3-4-9-21-11-5-6-12(13(17)10-11)15-8-7-14(18)16(20)19(15)2/h5-8,10H,9H2,1-2H3. The number of nitrogens with zero attached hydrogens (tertiary/aromatic N) is 1. The Labute approximate surface area is 145 Å². The number of ether oxygens (including phenoxy) is 1. The smallest absolute Gasteiger partial charge is 0.264 e. The van der Waals surface area contributed by atoms with Crippen LogP contribution in [-0.2, 0) is 7.05 Å². The van der Waals surface area contributed by atoms with Crippen molar-refractivity contribution in [2.24, 2.45) is 7.05 Å². The van der Waals surface area contributed by atoms with E-state index in [1.807, 2.05) is 52.9 Å². The van der Waals surface area contributed by atoms with Gasteiger partial charge in [-0.3, -0.25) is 4.79 Å². The van der Waals surface area contributed by atoms with Crippen molar-refractivity contribution in [3.05, 3.63) is 48.7 Å². The molecule has 1 aromatic carbocycles. The molecule has 2 rings (SSSR count). The highest BCUT2D eigenvalue weighted by Gasteiger charge is 2.10. The van der Waals surface area contributed by atoms with Gasteiger partial charge >= 0.3 is 0 Å². The van der Waals surface area contributed by atoms with Crippen LogP contribution < -0.4 is 10.3 Å². The Kier molecular flexibility index (Phi) is 5.48. The highest BCUT2D eigenvalue weighted by atomic mass is 127. The Morgan fingerprint density at radius 1 is 1.33 bits per heavy atom. The van der Waals surface area contributed by atoms with Gasteiger partial charge in [0.2, 0.25) is 0 Å². The van der Waals surface area contributed by atoms with Crippen molar-refractivity contribution in [1.29, 1.82) is 0 Å². The molecule has 0 atom stereocenters. The highest BCUT2D eigenvalue weighted by Crippen LogP contribution is 2.30. The average molecular weight is 458 g/mol. The van der Waals surface area contributed by atoms with E-state index in [0.29, 0.717) is 10.2 Å². The number of halogens is 2. The van der Waals surface area contributed by atoms with Crippen LogP contribution in [0.2, 0.25) is 0 Å². The van der Waals surface area contributed by atoms with E-state index in [1.54, 1.807) is 18.5 Å². The average Bonchev–Trinajstić information content (AvgIpc) is 2.46. The number of hydrogen-bond acceptors (Lipinski definition) is 2. The third-order valence-electron chi connectivity index (χ3n) is 2.96. The van der Waals surface area contributed by atoms with Gasteiger partial charge in [-0.15, -0.1) is 5.92 Å². The molecule has 0 N–H and O–H groups in total. The minimum Gasteiger partial charge on any atom is -0.481 e. The van der Waals surface area contributed by atoms with Crippen LogP contribution in [0, 0.1) is 15.4 Å². The minimum atomic E-state index is -0.00135. The molecule has 0 aliphatic rings. The molecule has 3 nitrogen and oxygen atoms in total. The van der Waals surface area contributed by atoms with Crippen molar-refractivity contribution in [3.63, 3.8) is 0 Å². The lowest BCUT2D eigenvalue weighted by Crippen LogP contribution is -2.20. The molecule has 1 aromatic heterocycles. The van der Waals surface area contributed by atoms with Crippen molar-refractivity contribution in [1.82, 2.24) is 4.57 Å². The topological polar surface area (TPSA) is 31.2 Å². The van der Waals surface area contributed by atoms with E-state index in [1.165, 1.54) is 0 Å². The maximum atomic E-state index is 12.0. The van der Waals surface area contributed by atoms with Gasteiger partial charge in [0.1, 0.15) is 12.4 Å². The van der Waals surface area contributed by atoms with Crippen molar-refractivity contribution in [2.45, 2.75) is 6.92 Å². The van der Waals surface area contributed by atoms with Crippen LogP contribution in [0.15, 0.2) is 39.6 Å². The molecule has 2 aromatic rings. The van der Waals surface area contributed by atoms with E-state index in [-0.39, 0.29) is 5.56 Å². The minimum absolute atomic E-state index is 0.00135. The first-order valence-corrected chi connectivity index (χ1v) is 8.09. The van der Waals surface area contributed by atoms with E-state index < -0.39 is 0 Å². The molecular weight excluding hydrogens is 445 g/mol. The zero-order valence-electron chi connectivity index (χ0n) is 11.6. The summed E-state index contributed by atoms with van der Waals surface area (Å²) in [5.74, 6) is 6.37. The lowest BCUT2D eigenvalue weighted by Gasteiger charge is -2.12. The van der Waals surface area contributed by atoms with Crippen molar-refractivity contribution in [3.8, 4) is 28.8 Å². The first-order chi connectivity index (χ1) is 10.0. The van der Waals surface area contributed by atoms with E-state index in [9.17, 15) is 4.79 Å². The lowest BCUT2D eigenvalue weighted by molar-refractivity contribution is 0.370. The molecule has 108 valence electrons. The summed E-state index contributed by atoms with van der Waals surface area (Å²) in [6.45, 7) is 2.14. The largest absolute Gasteiger partial charge is 0.481 e. The summed E-state index contributed by atoms with van der Waals surface area (Å²) in [6, 6.07) is 9.45. The van der Waals surface area contributed by atoms with Crippen LogP contribution in [0.3, 0.4) is 0 Å². The first-order valence-electron chi connectivity index (χ1n) is 6.22. The molecule has 5 heteroatoms. The maximum absolute atomic E-state index is 12.0.